The second-order valence-corrected chi connectivity index (χ2v) is 36.6. The monoisotopic (exact) mass is 1850 g/mol. The Bertz CT molecular complexity index is 4560. The van der Waals surface area contributed by atoms with E-state index in [0.717, 1.165) is 202 Å². The van der Waals surface area contributed by atoms with Gasteiger partial charge in [0.05, 0.1) is 92.6 Å². The van der Waals surface area contributed by atoms with Crippen LogP contribution in [0, 0.1) is 45.3 Å². The van der Waals surface area contributed by atoms with Crippen LogP contribution in [-0.4, -0.2) is 249 Å². The van der Waals surface area contributed by atoms with Crippen molar-refractivity contribution in [2.45, 2.75) is 160 Å². The van der Waals surface area contributed by atoms with Gasteiger partial charge in [0.1, 0.15) is 5.82 Å². The van der Waals surface area contributed by atoms with E-state index >= 15 is 4.39 Å². The molecule has 0 spiro atoms. The average Bonchev–Trinajstić information content (AvgIpc) is 1.62. The fourth-order valence-electron chi connectivity index (χ4n) is 14.0. The first-order chi connectivity index (χ1) is 61.0. The molecule has 24 nitrogen and oxygen atoms in total. The van der Waals surface area contributed by atoms with E-state index in [1.807, 2.05) is 31.3 Å². The fraction of sp³-hybridized carbons (Fsp3) is 0.551. The number of aromatic nitrogens is 2. The molecule has 6 aromatic carbocycles. The third kappa shape index (κ3) is 37.9. The summed E-state index contributed by atoms with van der Waals surface area (Å²) in [6, 6.07) is 27.5. The number of amides is 1. The Morgan fingerprint density at radius 2 is 0.742 bits per heavy atom. The zero-order chi connectivity index (χ0) is 93.4. The smallest absolute Gasteiger partial charge is 0.338 e. The number of carbonyl (C=O) groups excluding carboxylic acids is 4. The molecule has 3 fully saturated rings. The number of hydrogen-bond donors (Lipinski definition) is 3. The summed E-state index contributed by atoms with van der Waals surface area (Å²) in [5.41, 5.74) is 4.30. The number of phenolic OH excluding ortho intramolecular Hbond substituents is 1. The number of carboxylic acid groups (broad SMARTS) is 1. The van der Waals surface area contributed by atoms with E-state index in [1.165, 1.54) is 93.5 Å². The number of aromatic carboxylic acids is 1. The van der Waals surface area contributed by atoms with Crippen molar-refractivity contribution in [3.05, 3.63) is 184 Å². The van der Waals surface area contributed by atoms with E-state index in [2.05, 4.69) is 123 Å². The van der Waals surface area contributed by atoms with Gasteiger partial charge in [-0.2, -0.15) is 5.10 Å². The Labute approximate surface area is 763 Å². The van der Waals surface area contributed by atoms with Gasteiger partial charge in [-0.15, -0.1) is 0 Å². The quantitative estimate of drug-likeness (QED) is 0.0108. The number of ether oxygens (including phenoxy) is 7. The first-order valence-corrected chi connectivity index (χ1v) is 46.2. The number of esters is 3. The van der Waals surface area contributed by atoms with Crippen LogP contribution in [-0.2, 0) is 27.8 Å². The van der Waals surface area contributed by atoms with Gasteiger partial charge >= 0.3 is 23.9 Å². The number of nitrogens with one attached hydrogen (secondary N) is 1. The number of hydrogen-bond acceptors (Lipinski definition) is 21. The van der Waals surface area contributed by atoms with Crippen LogP contribution in [0.5, 0.6) is 28.7 Å². The summed E-state index contributed by atoms with van der Waals surface area (Å²) in [7, 11) is 1.86. The number of carboxylic acids is 1. The molecule has 5 heterocycles. The lowest BCUT2D eigenvalue weighted by atomic mass is 9.92. The lowest BCUT2D eigenvalue weighted by Gasteiger charge is -2.36. The summed E-state index contributed by atoms with van der Waals surface area (Å²) >= 11 is 3.31. The van der Waals surface area contributed by atoms with Crippen LogP contribution in [0.4, 0.5) is 39.1 Å². The van der Waals surface area contributed by atoms with Gasteiger partial charge in [-0.3, -0.25) is 9.48 Å². The molecular weight excluding hydrogens is 1720 g/mol. The van der Waals surface area contributed by atoms with Crippen molar-refractivity contribution in [2.75, 3.05) is 180 Å². The van der Waals surface area contributed by atoms with Crippen LogP contribution in [0.1, 0.15) is 211 Å². The van der Waals surface area contributed by atoms with E-state index < -0.39 is 58.7 Å². The molecule has 3 saturated heterocycles. The molecule has 4 aliphatic heterocycles. The van der Waals surface area contributed by atoms with Crippen LogP contribution in [0.2, 0.25) is 0 Å². The molecule has 0 radical (unpaired) electrons. The number of phenols is 1. The molecule has 11 rings (SSSR count). The number of fused-ring (bicyclic) bond motifs is 2. The van der Waals surface area contributed by atoms with Gasteiger partial charge in [-0.1, -0.05) is 90.4 Å². The van der Waals surface area contributed by atoms with Crippen molar-refractivity contribution in [2.24, 2.45) is 23.3 Å². The zero-order valence-electron chi connectivity index (χ0n) is 77.5. The number of nitrogens with zero attached hydrogens (tertiary/aromatic N) is 9. The highest BCUT2D eigenvalue weighted by Crippen LogP contribution is 2.37. The van der Waals surface area contributed by atoms with Crippen molar-refractivity contribution < 1.29 is 89.3 Å². The summed E-state index contributed by atoms with van der Waals surface area (Å²) in [6.45, 7) is 48.8. The number of benzene rings is 6. The summed E-state index contributed by atoms with van der Waals surface area (Å²) in [5, 5.41) is 26.3. The molecular formula is C98H138BrF5N10O14. The Morgan fingerprint density at radius 1 is 0.422 bits per heavy atom. The maximum Gasteiger partial charge on any atom is 0.338 e. The highest BCUT2D eigenvalue weighted by Gasteiger charge is 2.29. The highest BCUT2D eigenvalue weighted by atomic mass is 79.9. The van der Waals surface area contributed by atoms with Crippen LogP contribution >= 0.6 is 15.9 Å². The first-order valence-electron chi connectivity index (χ1n) is 45.1. The minimum absolute atomic E-state index is 0.0681. The SMILES string of the molecule is CC(C)(C)CCN1CCN(CCCCOc2ccc(C(=O)O)cc2F)CC1.CCOC(=O)c1ccc(O)c(F)c1.CCOC(=O)c1ccc(OCCCCBr)c(F)c1.CCOC(=O)c1ccc(OCCCCN2CCN(CCC(C)(C)C)CC2)c(F)c1.Cn1ncc2c1Nc1ccccc1N(C(=O)c1ccc(OCCCCN3CCN(CCC(C)(C)C)CC3)c(F)c1)C2. The molecule has 3 N–H and O–H groups in total. The molecule has 0 unspecified atom stereocenters. The minimum atomic E-state index is -1.14. The third-order valence-corrected chi connectivity index (χ3v) is 22.4. The van der Waals surface area contributed by atoms with Gasteiger partial charge in [-0.25, -0.2) is 41.1 Å². The molecule has 1 aromatic heterocycles. The van der Waals surface area contributed by atoms with Crippen molar-refractivity contribution in [1.82, 2.24) is 39.2 Å². The molecule has 0 aliphatic carbocycles. The Balaban J connectivity index is 0.000000230. The highest BCUT2D eigenvalue weighted by molar-refractivity contribution is 9.09. The van der Waals surface area contributed by atoms with E-state index in [0.29, 0.717) is 49.2 Å². The van der Waals surface area contributed by atoms with E-state index in [9.17, 15) is 41.5 Å². The number of para-hydroxylation sites is 2. The maximum atomic E-state index is 15.0. The Morgan fingerprint density at radius 3 is 1.09 bits per heavy atom. The number of unbranched alkanes of at least 4 members (excludes halogenated alkanes) is 4. The van der Waals surface area contributed by atoms with Crippen LogP contribution < -0.4 is 29.2 Å². The molecule has 706 valence electrons. The maximum absolute atomic E-state index is 15.0. The normalized spacial score (nSPS) is 14.7. The predicted molar refractivity (Wildman–Crippen MR) is 496 cm³/mol. The van der Waals surface area contributed by atoms with Crippen molar-refractivity contribution >= 4 is 62.9 Å². The minimum Gasteiger partial charge on any atom is -0.505 e. The molecule has 0 bridgehead atoms. The van der Waals surface area contributed by atoms with Gasteiger partial charge < -0.3 is 83.0 Å². The molecule has 4 aliphatic rings. The number of alkyl halides is 1. The number of rotatable bonds is 37. The van der Waals surface area contributed by atoms with Gasteiger partial charge in [-0.05, 0) is 250 Å². The Hall–Kier alpha value is -9.43. The van der Waals surface area contributed by atoms with Crippen molar-refractivity contribution in [1.29, 1.82) is 0 Å². The zero-order valence-corrected chi connectivity index (χ0v) is 79.1. The fourth-order valence-corrected chi connectivity index (χ4v) is 14.4. The number of aryl methyl sites for hydroxylation is 1. The first kappa shape index (κ1) is 106. The van der Waals surface area contributed by atoms with E-state index in [4.69, 9.17) is 38.6 Å². The second-order valence-electron chi connectivity index (χ2n) is 35.8. The second kappa shape index (κ2) is 54.3. The lowest BCUT2D eigenvalue weighted by Crippen LogP contribution is -2.47. The lowest BCUT2D eigenvalue weighted by molar-refractivity contribution is 0.0516. The predicted octanol–water partition coefficient (Wildman–Crippen LogP) is 18.9. The summed E-state index contributed by atoms with van der Waals surface area (Å²) in [6.07, 6.45) is 12.9. The number of aromatic hydroxyl groups is 1. The average molecular weight is 1860 g/mol. The topological polar surface area (TPSA) is 243 Å². The van der Waals surface area contributed by atoms with Gasteiger partial charge in [0.2, 0.25) is 0 Å². The summed E-state index contributed by atoms with van der Waals surface area (Å²) in [4.78, 5) is 75.3. The van der Waals surface area contributed by atoms with Gasteiger partial charge in [0, 0.05) is 102 Å². The number of anilines is 3. The molecule has 7 aromatic rings. The molecule has 30 heteroatoms. The van der Waals surface area contributed by atoms with Gasteiger partial charge in [0.25, 0.3) is 5.91 Å². The van der Waals surface area contributed by atoms with Crippen molar-refractivity contribution in [3.8, 4) is 28.7 Å². The number of piperazine rings is 3. The van der Waals surface area contributed by atoms with Crippen LogP contribution in [0.25, 0.3) is 0 Å². The molecule has 128 heavy (non-hydrogen) atoms. The summed E-state index contributed by atoms with van der Waals surface area (Å²) in [5.74, 6) is -5.09. The van der Waals surface area contributed by atoms with Crippen LogP contribution in [0.15, 0.2) is 121 Å². The largest absolute Gasteiger partial charge is 0.505 e. The van der Waals surface area contributed by atoms with Crippen molar-refractivity contribution in [3.63, 3.8) is 0 Å². The van der Waals surface area contributed by atoms with Crippen LogP contribution in [0.3, 0.4) is 0 Å². The van der Waals surface area contributed by atoms with Gasteiger partial charge in [0.15, 0.2) is 57.8 Å². The number of halogens is 6. The van der Waals surface area contributed by atoms with E-state index in [-0.39, 0.29) is 76.5 Å². The number of carbonyl (C=O) groups is 5. The molecule has 0 saturated carbocycles. The van der Waals surface area contributed by atoms with E-state index in [1.54, 1.807) is 48.7 Å². The molecule has 0 atom stereocenters. The summed E-state index contributed by atoms with van der Waals surface area (Å²) < 4.78 is 107. The molecule has 1 amide bonds. The third-order valence-electron chi connectivity index (χ3n) is 21.8. The Kier molecular flexibility index (Phi) is 44.8. The standard InChI is InChI=1S/C32H43FN6O2.C23H37FN2O3.C21H33FN2O3.C13H16BrFO3.C9H9FO3/c1-32(2,3)13-15-38-18-16-37(17-19-38)14-7-8-20-41-29-12-11-24(21-26(29)33)31(40)39-23-25-22-34-36(4)30(25)35-27-9-5-6-10-28(27)39;1-5-28-22(27)19-8-9-21(20(24)18-19)29-17-7-6-11-25-13-15-26(16-14-25)12-10-23(2,3)4;1-21(2,3)8-10-24-13-11-23(12-14-24)9-4-5-15-27-19-7-6-17(20(25)26)16-18(19)22;1-2-17-13(16)10-5-6-12(11(15)9-10)18-8-4-3-7-14;1-2-13-9(12)6-3-4-8(11)7(10)5-6/h5-6,9-12,21-22,35H,7-8,13-20,23H2,1-4H3;8-9,18H,5-7,10-17H2,1-4H3;6-7,16H,4-5,8-15H2,1-3H3,(H,25,26);5-6,9H,2-4,7-8H2,1H3;3-5,11H,2H2,1H3.